The molecule has 0 saturated carbocycles. The van der Waals surface area contributed by atoms with E-state index < -0.39 is 0 Å². The molecule has 0 saturated heterocycles. The van der Waals surface area contributed by atoms with Crippen molar-refractivity contribution >= 4 is 5.82 Å². The maximum absolute atomic E-state index is 8.88. The SMILES string of the molecule is CC(C)(CCO)CNc1cnc(C#N)cn1. The van der Waals surface area contributed by atoms with E-state index >= 15 is 0 Å². The van der Waals surface area contributed by atoms with Gasteiger partial charge in [0, 0.05) is 13.2 Å². The third kappa shape index (κ3) is 3.83. The van der Waals surface area contributed by atoms with Crippen LogP contribution >= 0.6 is 0 Å². The highest BCUT2D eigenvalue weighted by molar-refractivity contribution is 5.33. The van der Waals surface area contributed by atoms with Gasteiger partial charge in [-0.2, -0.15) is 5.26 Å². The summed E-state index contributed by atoms with van der Waals surface area (Å²) in [4.78, 5) is 7.96. The second kappa shape index (κ2) is 5.42. The molecule has 1 aromatic heterocycles. The predicted octanol–water partition coefficient (Wildman–Crippen LogP) is 1.17. The number of hydrogen-bond donors (Lipinski definition) is 2. The average Bonchev–Trinajstić information content (AvgIpc) is 2.27. The number of aromatic nitrogens is 2. The number of hydrogen-bond acceptors (Lipinski definition) is 5. The maximum atomic E-state index is 8.88. The van der Waals surface area contributed by atoms with Crippen LogP contribution in [0.5, 0.6) is 0 Å². The largest absolute Gasteiger partial charge is 0.396 e. The first-order valence-electron chi connectivity index (χ1n) is 5.14. The lowest BCUT2D eigenvalue weighted by Gasteiger charge is -2.23. The van der Waals surface area contributed by atoms with E-state index in [1.807, 2.05) is 6.07 Å². The molecule has 0 fully saturated rings. The highest BCUT2D eigenvalue weighted by Crippen LogP contribution is 2.19. The topological polar surface area (TPSA) is 81.8 Å². The fraction of sp³-hybridized carbons (Fsp3) is 0.545. The fourth-order valence-electron chi connectivity index (χ4n) is 1.20. The van der Waals surface area contributed by atoms with Crippen LogP contribution in [0.1, 0.15) is 26.0 Å². The van der Waals surface area contributed by atoms with Gasteiger partial charge in [0.15, 0.2) is 5.69 Å². The Hall–Kier alpha value is -1.67. The quantitative estimate of drug-likeness (QED) is 0.778. The van der Waals surface area contributed by atoms with Gasteiger partial charge in [0.05, 0.1) is 12.4 Å². The van der Waals surface area contributed by atoms with E-state index in [2.05, 4.69) is 29.1 Å². The van der Waals surface area contributed by atoms with Crippen LogP contribution in [0.15, 0.2) is 12.4 Å². The summed E-state index contributed by atoms with van der Waals surface area (Å²) in [5.74, 6) is 0.644. The lowest BCUT2D eigenvalue weighted by molar-refractivity contribution is 0.220. The van der Waals surface area contributed by atoms with E-state index in [-0.39, 0.29) is 12.0 Å². The maximum Gasteiger partial charge on any atom is 0.158 e. The molecule has 0 aliphatic carbocycles. The van der Waals surface area contributed by atoms with Gasteiger partial charge in [0.2, 0.25) is 0 Å². The Balaban J connectivity index is 2.52. The number of aliphatic hydroxyl groups is 1. The van der Waals surface area contributed by atoms with Gasteiger partial charge in [0.1, 0.15) is 11.9 Å². The van der Waals surface area contributed by atoms with Crippen LogP contribution in [-0.2, 0) is 0 Å². The Labute approximate surface area is 95.2 Å². The number of nitriles is 1. The van der Waals surface area contributed by atoms with Crippen molar-refractivity contribution in [1.29, 1.82) is 5.26 Å². The zero-order valence-electron chi connectivity index (χ0n) is 9.56. The Bertz CT molecular complexity index is 367. The molecule has 0 amide bonds. The van der Waals surface area contributed by atoms with Crippen LogP contribution in [0.2, 0.25) is 0 Å². The summed E-state index contributed by atoms with van der Waals surface area (Å²) < 4.78 is 0. The molecule has 0 bridgehead atoms. The smallest absolute Gasteiger partial charge is 0.158 e. The number of nitrogens with one attached hydrogen (secondary N) is 1. The molecule has 0 aromatic carbocycles. The van der Waals surface area contributed by atoms with Crippen molar-refractivity contribution in [1.82, 2.24) is 9.97 Å². The van der Waals surface area contributed by atoms with E-state index in [9.17, 15) is 0 Å². The van der Waals surface area contributed by atoms with Crippen molar-refractivity contribution in [3.8, 4) is 6.07 Å². The lowest BCUT2D eigenvalue weighted by Crippen LogP contribution is -2.24. The molecule has 5 heteroatoms. The van der Waals surface area contributed by atoms with Gasteiger partial charge in [0.25, 0.3) is 0 Å². The third-order valence-corrected chi connectivity index (χ3v) is 2.30. The zero-order valence-corrected chi connectivity index (χ0v) is 9.56. The minimum absolute atomic E-state index is 0.00430. The van der Waals surface area contributed by atoms with Gasteiger partial charge in [-0.05, 0) is 11.8 Å². The molecule has 5 nitrogen and oxygen atoms in total. The molecule has 16 heavy (non-hydrogen) atoms. The molecular formula is C11H16N4O. The van der Waals surface area contributed by atoms with Crippen molar-refractivity contribution in [2.75, 3.05) is 18.5 Å². The van der Waals surface area contributed by atoms with E-state index in [0.29, 0.717) is 18.1 Å². The molecule has 0 spiro atoms. The van der Waals surface area contributed by atoms with Crippen LogP contribution < -0.4 is 5.32 Å². The summed E-state index contributed by atoms with van der Waals surface area (Å²) in [7, 11) is 0. The second-order valence-electron chi connectivity index (χ2n) is 4.39. The van der Waals surface area contributed by atoms with Crippen LogP contribution in [0, 0.1) is 16.7 Å². The first kappa shape index (κ1) is 12.4. The first-order chi connectivity index (χ1) is 7.57. The van der Waals surface area contributed by atoms with Gasteiger partial charge in [-0.3, -0.25) is 0 Å². The Morgan fingerprint density at radius 2 is 2.19 bits per heavy atom. The van der Waals surface area contributed by atoms with Gasteiger partial charge in [-0.15, -0.1) is 0 Å². The van der Waals surface area contributed by atoms with Gasteiger partial charge >= 0.3 is 0 Å². The fourth-order valence-corrected chi connectivity index (χ4v) is 1.20. The summed E-state index contributed by atoms with van der Waals surface area (Å²) >= 11 is 0. The second-order valence-corrected chi connectivity index (χ2v) is 4.39. The number of nitrogens with zero attached hydrogens (tertiary/aromatic N) is 3. The molecule has 1 aromatic rings. The summed E-state index contributed by atoms with van der Waals surface area (Å²) in [6, 6.07) is 1.91. The summed E-state index contributed by atoms with van der Waals surface area (Å²) in [6.45, 7) is 5.00. The molecule has 0 unspecified atom stereocenters. The molecule has 2 N–H and O–H groups in total. The molecule has 0 radical (unpaired) electrons. The highest BCUT2D eigenvalue weighted by Gasteiger charge is 2.16. The zero-order chi connectivity index (χ0) is 12.0. The monoisotopic (exact) mass is 220 g/mol. The molecule has 0 aliphatic heterocycles. The van der Waals surface area contributed by atoms with E-state index in [1.54, 1.807) is 0 Å². The Morgan fingerprint density at radius 1 is 1.44 bits per heavy atom. The normalized spacial score (nSPS) is 10.9. The average molecular weight is 220 g/mol. The molecular weight excluding hydrogens is 204 g/mol. The minimum atomic E-state index is 0.00430. The summed E-state index contributed by atoms with van der Waals surface area (Å²) in [5, 5.41) is 20.6. The van der Waals surface area contributed by atoms with E-state index in [1.165, 1.54) is 12.4 Å². The number of anilines is 1. The van der Waals surface area contributed by atoms with Crippen molar-refractivity contribution in [3.63, 3.8) is 0 Å². The van der Waals surface area contributed by atoms with Crippen molar-refractivity contribution < 1.29 is 5.11 Å². The van der Waals surface area contributed by atoms with E-state index in [0.717, 1.165) is 6.42 Å². The van der Waals surface area contributed by atoms with Crippen molar-refractivity contribution in [3.05, 3.63) is 18.1 Å². The van der Waals surface area contributed by atoms with Gasteiger partial charge in [-0.25, -0.2) is 9.97 Å². The summed E-state index contributed by atoms with van der Waals surface area (Å²) in [6.07, 6.45) is 3.69. The Morgan fingerprint density at radius 3 is 2.69 bits per heavy atom. The van der Waals surface area contributed by atoms with Gasteiger partial charge in [-0.1, -0.05) is 13.8 Å². The molecule has 1 heterocycles. The molecule has 86 valence electrons. The predicted molar refractivity (Wildman–Crippen MR) is 60.7 cm³/mol. The highest BCUT2D eigenvalue weighted by atomic mass is 16.3. The van der Waals surface area contributed by atoms with Crippen molar-refractivity contribution in [2.45, 2.75) is 20.3 Å². The third-order valence-electron chi connectivity index (χ3n) is 2.30. The molecule has 1 rings (SSSR count). The molecule has 0 aliphatic rings. The number of aliphatic hydroxyl groups excluding tert-OH is 1. The van der Waals surface area contributed by atoms with Crippen molar-refractivity contribution in [2.24, 2.45) is 5.41 Å². The Kier molecular flexibility index (Phi) is 4.20. The van der Waals surface area contributed by atoms with Crippen LogP contribution in [0.4, 0.5) is 5.82 Å². The molecule has 0 atom stereocenters. The van der Waals surface area contributed by atoms with Crippen LogP contribution in [0.3, 0.4) is 0 Å². The lowest BCUT2D eigenvalue weighted by atomic mass is 9.90. The minimum Gasteiger partial charge on any atom is -0.396 e. The van der Waals surface area contributed by atoms with E-state index in [4.69, 9.17) is 10.4 Å². The number of rotatable bonds is 5. The van der Waals surface area contributed by atoms with Crippen LogP contribution in [-0.4, -0.2) is 28.2 Å². The first-order valence-corrected chi connectivity index (χ1v) is 5.14. The van der Waals surface area contributed by atoms with Crippen LogP contribution in [0.25, 0.3) is 0 Å². The summed E-state index contributed by atoms with van der Waals surface area (Å²) in [5.41, 5.74) is 0.310. The standard InChI is InChI=1S/C11H16N4O/c1-11(2,3-4-16)8-15-10-7-13-9(5-12)6-14-10/h6-7,16H,3-4,8H2,1-2H3,(H,14,15). The van der Waals surface area contributed by atoms with Gasteiger partial charge < -0.3 is 10.4 Å².